The molecule has 1 rings (SSSR count). The molecule has 1 aromatic heterocycles. The number of nitrogens with one attached hydrogen (secondary N) is 1. The third-order valence-electron chi connectivity index (χ3n) is 2.36. The van der Waals surface area contributed by atoms with E-state index in [4.69, 9.17) is 4.74 Å². The molecule has 0 bridgehead atoms. The fourth-order valence-electron chi connectivity index (χ4n) is 1.40. The van der Waals surface area contributed by atoms with Crippen molar-refractivity contribution in [2.24, 2.45) is 5.92 Å². The van der Waals surface area contributed by atoms with Crippen LogP contribution in [0.4, 0.5) is 0 Å². The summed E-state index contributed by atoms with van der Waals surface area (Å²) < 4.78 is 5.30. The first-order valence-corrected chi connectivity index (χ1v) is 7.01. The molecule has 0 saturated heterocycles. The Bertz CT molecular complexity index is 376. The molecule has 0 spiro atoms. The van der Waals surface area contributed by atoms with E-state index in [1.54, 1.807) is 0 Å². The minimum atomic E-state index is -0.661. The van der Waals surface area contributed by atoms with Crippen LogP contribution in [0.3, 0.4) is 0 Å². The monoisotopic (exact) mass is 271 g/mol. The second-order valence-corrected chi connectivity index (χ2v) is 5.51. The van der Waals surface area contributed by atoms with E-state index in [9.17, 15) is 9.90 Å². The lowest BCUT2D eigenvalue weighted by molar-refractivity contribution is 0.0259. The van der Waals surface area contributed by atoms with Crippen LogP contribution >= 0.6 is 11.3 Å². The van der Waals surface area contributed by atoms with E-state index in [1.807, 2.05) is 31.5 Å². The lowest BCUT2D eigenvalue weighted by atomic mass is 10.2. The third kappa shape index (κ3) is 5.16. The number of thiophene rings is 1. The molecule has 1 aromatic rings. The topological polar surface area (TPSA) is 58.6 Å². The largest absolute Gasteiger partial charge is 0.389 e. The summed E-state index contributed by atoms with van der Waals surface area (Å²) in [5.74, 6) is 0.303. The van der Waals surface area contributed by atoms with E-state index in [0.717, 1.165) is 5.56 Å². The van der Waals surface area contributed by atoms with Gasteiger partial charge in [0.15, 0.2) is 0 Å². The predicted octanol–water partition coefficient (Wildman–Crippen LogP) is 1.82. The summed E-state index contributed by atoms with van der Waals surface area (Å²) in [5.41, 5.74) is 1.64. The SMILES string of the molecule is Cc1cscc1C(=O)NCC(O)COCC(C)C. The zero-order valence-corrected chi connectivity index (χ0v) is 11.9. The van der Waals surface area contributed by atoms with Gasteiger partial charge in [-0.2, -0.15) is 11.3 Å². The highest BCUT2D eigenvalue weighted by Gasteiger charge is 2.11. The predicted molar refractivity (Wildman–Crippen MR) is 73.1 cm³/mol. The zero-order valence-electron chi connectivity index (χ0n) is 11.1. The van der Waals surface area contributed by atoms with Gasteiger partial charge in [-0.15, -0.1) is 0 Å². The summed E-state index contributed by atoms with van der Waals surface area (Å²) in [5, 5.41) is 16.1. The molecule has 0 fully saturated rings. The van der Waals surface area contributed by atoms with E-state index >= 15 is 0 Å². The normalized spacial score (nSPS) is 12.7. The number of aliphatic hydroxyl groups is 1. The Balaban J connectivity index is 2.24. The van der Waals surface area contributed by atoms with Crippen molar-refractivity contribution >= 4 is 17.2 Å². The van der Waals surface area contributed by atoms with Crippen LogP contribution in [0.5, 0.6) is 0 Å². The molecular formula is C13H21NO3S. The van der Waals surface area contributed by atoms with E-state index < -0.39 is 6.10 Å². The van der Waals surface area contributed by atoms with Crippen LogP contribution in [-0.4, -0.2) is 36.9 Å². The summed E-state index contributed by atoms with van der Waals surface area (Å²) in [6, 6.07) is 0. The van der Waals surface area contributed by atoms with Crippen LogP contribution in [0.2, 0.25) is 0 Å². The van der Waals surface area contributed by atoms with Crippen molar-refractivity contribution in [2.75, 3.05) is 19.8 Å². The standard InChI is InChI=1S/C13H21NO3S/c1-9(2)5-17-6-11(15)4-14-13(16)12-8-18-7-10(12)3/h7-9,11,15H,4-6H2,1-3H3,(H,14,16). The van der Waals surface area contributed by atoms with Crippen LogP contribution in [0, 0.1) is 12.8 Å². The summed E-state index contributed by atoms with van der Waals surface area (Å²) in [6.45, 7) is 7.08. The van der Waals surface area contributed by atoms with Gasteiger partial charge in [-0.25, -0.2) is 0 Å². The molecule has 4 nitrogen and oxygen atoms in total. The van der Waals surface area contributed by atoms with Crippen molar-refractivity contribution in [3.05, 3.63) is 21.9 Å². The van der Waals surface area contributed by atoms with Crippen molar-refractivity contribution in [3.63, 3.8) is 0 Å². The van der Waals surface area contributed by atoms with Gasteiger partial charge in [-0.05, 0) is 23.8 Å². The van der Waals surface area contributed by atoms with Gasteiger partial charge in [-0.3, -0.25) is 4.79 Å². The average Bonchev–Trinajstić information content (AvgIpc) is 2.72. The lowest BCUT2D eigenvalue weighted by Crippen LogP contribution is -2.34. The van der Waals surface area contributed by atoms with Gasteiger partial charge in [0.25, 0.3) is 5.91 Å². The third-order valence-corrected chi connectivity index (χ3v) is 3.22. The number of aryl methyl sites for hydroxylation is 1. The van der Waals surface area contributed by atoms with Gasteiger partial charge >= 0.3 is 0 Å². The van der Waals surface area contributed by atoms with Crippen molar-refractivity contribution < 1.29 is 14.6 Å². The van der Waals surface area contributed by atoms with Gasteiger partial charge < -0.3 is 15.2 Å². The Morgan fingerprint density at radius 1 is 1.44 bits per heavy atom. The van der Waals surface area contributed by atoms with Gasteiger partial charge in [-0.1, -0.05) is 13.8 Å². The maximum atomic E-state index is 11.8. The molecule has 1 atom stereocenters. The van der Waals surface area contributed by atoms with Crippen LogP contribution < -0.4 is 5.32 Å². The lowest BCUT2D eigenvalue weighted by Gasteiger charge is -2.13. The van der Waals surface area contributed by atoms with Crippen molar-refractivity contribution in [1.82, 2.24) is 5.32 Å². The van der Waals surface area contributed by atoms with Crippen LogP contribution in [0.25, 0.3) is 0 Å². The number of hydrogen-bond acceptors (Lipinski definition) is 4. The van der Waals surface area contributed by atoms with E-state index in [2.05, 4.69) is 5.32 Å². The molecule has 2 N–H and O–H groups in total. The first kappa shape index (κ1) is 15.1. The molecule has 18 heavy (non-hydrogen) atoms. The number of carbonyl (C=O) groups is 1. The maximum absolute atomic E-state index is 11.8. The van der Waals surface area contributed by atoms with Gasteiger partial charge in [0.2, 0.25) is 0 Å². The number of carbonyl (C=O) groups excluding carboxylic acids is 1. The molecule has 5 heteroatoms. The Kier molecular flexibility index (Phi) is 6.32. The Hall–Kier alpha value is -0.910. The zero-order chi connectivity index (χ0) is 13.5. The smallest absolute Gasteiger partial charge is 0.252 e. The second-order valence-electron chi connectivity index (χ2n) is 4.76. The van der Waals surface area contributed by atoms with Crippen molar-refractivity contribution in [1.29, 1.82) is 0 Å². The summed E-state index contributed by atoms with van der Waals surface area (Å²) in [6.07, 6.45) is -0.661. The highest BCUT2D eigenvalue weighted by atomic mass is 32.1. The van der Waals surface area contributed by atoms with E-state index in [-0.39, 0.29) is 19.1 Å². The van der Waals surface area contributed by atoms with Crippen LogP contribution in [0.1, 0.15) is 29.8 Å². The fraction of sp³-hybridized carbons (Fsp3) is 0.615. The number of ether oxygens (including phenoxy) is 1. The molecule has 0 radical (unpaired) electrons. The Morgan fingerprint density at radius 2 is 2.17 bits per heavy atom. The fourth-order valence-corrected chi connectivity index (χ4v) is 2.23. The maximum Gasteiger partial charge on any atom is 0.252 e. The molecule has 0 aliphatic rings. The molecule has 0 aliphatic carbocycles. The second kappa shape index (κ2) is 7.51. The number of aliphatic hydroxyl groups excluding tert-OH is 1. The van der Waals surface area contributed by atoms with Gasteiger partial charge in [0, 0.05) is 18.5 Å². The Morgan fingerprint density at radius 3 is 2.72 bits per heavy atom. The first-order valence-electron chi connectivity index (χ1n) is 6.07. The van der Waals surface area contributed by atoms with Gasteiger partial charge in [0.1, 0.15) is 0 Å². The van der Waals surface area contributed by atoms with Crippen LogP contribution in [-0.2, 0) is 4.74 Å². The van der Waals surface area contributed by atoms with E-state index in [1.165, 1.54) is 11.3 Å². The van der Waals surface area contributed by atoms with Crippen molar-refractivity contribution in [3.8, 4) is 0 Å². The molecule has 1 amide bonds. The summed E-state index contributed by atoms with van der Waals surface area (Å²) >= 11 is 1.50. The summed E-state index contributed by atoms with van der Waals surface area (Å²) in [4.78, 5) is 11.8. The number of amides is 1. The average molecular weight is 271 g/mol. The molecular weight excluding hydrogens is 250 g/mol. The molecule has 0 saturated carbocycles. The van der Waals surface area contributed by atoms with Crippen LogP contribution in [0.15, 0.2) is 10.8 Å². The molecule has 102 valence electrons. The van der Waals surface area contributed by atoms with E-state index in [0.29, 0.717) is 18.1 Å². The molecule has 1 heterocycles. The number of hydrogen-bond donors (Lipinski definition) is 2. The molecule has 0 aliphatic heterocycles. The quantitative estimate of drug-likeness (QED) is 0.795. The molecule has 0 aromatic carbocycles. The summed E-state index contributed by atoms with van der Waals surface area (Å²) in [7, 11) is 0. The number of rotatable bonds is 7. The highest BCUT2D eigenvalue weighted by molar-refractivity contribution is 7.08. The van der Waals surface area contributed by atoms with Crippen molar-refractivity contribution in [2.45, 2.75) is 26.9 Å². The minimum absolute atomic E-state index is 0.142. The minimum Gasteiger partial charge on any atom is -0.389 e. The molecule has 1 unspecified atom stereocenters. The highest BCUT2D eigenvalue weighted by Crippen LogP contribution is 2.13. The first-order chi connectivity index (χ1) is 8.50. The Labute approximate surface area is 112 Å². The van der Waals surface area contributed by atoms with Gasteiger partial charge in [0.05, 0.1) is 18.3 Å².